The van der Waals surface area contributed by atoms with Gasteiger partial charge in [0.1, 0.15) is 11.6 Å². The average Bonchev–Trinajstić information content (AvgIpc) is 3.18. The zero-order valence-electron chi connectivity index (χ0n) is 19.8. The number of nitrogens with zero attached hydrogens (tertiary/aromatic N) is 4. The Morgan fingerprint density at radius 3 is 2.44 bits per heavy atom. The Bertz CT molecular complexity index is 957. The number of aromatic nitrogens is 2. The van der Waals surface area contributed by atoms with Gasteiger partial charge in [-0.1, -0.05) is 31.2 Å². The van der Waals surface area contributed by atoms with Crippen LogP contribution in [-0.2, 0) is 19.4 Å². The number of aryl methyl sites for hydroxylation is 3. The van der Waals surface area contributed by atoms with E-state index in [1.165, 1.54) is 56.0 Å². The second-order valence-corrected chi connectivity index (χ2v) is 8.97. The zero-order chi connectivity index (χ0) is 22.2. The minimum Gasteiger partial charge on any atom is -0.494 e. The first-order valence-corrected chi connectivity index (χ1v) is 12.3. The zero-order valence-corrected chi connectivity index (χ0v) is 19.8. The molecule has 5 heteroatoms. The van der Waals surface area contributed by atoms with E-state index < -0.39 is 0 Å². The summed E-state index contributed by atoms with van der Waals surface area (Å²) in [5, 5.41) is 0. The molecule has 0 N–H and O–H groups in total. The highest BCUT2D eigenvalue weighted by molar-refractivity contribution is 5.75. The molecule has 32 heavy (non-hydrogen) atoms. The van der Waals surface area contributed by atoms with Crippen LogP contribution in [0.1, 0.15) is 37.6 Å². The van der Waals surface area contributed by atoms with E-state index in [2.05, 4.69) is 76.9 Å². The topological polar surface area (TPSA) is 33.5 Å². The van der Waals surface area contributed by atoms with Gasteiger partial charge in [0.25, 0.3) is 0 Å². The molecule has 0 amide bonds. The Balaban J connectivity index is 1.28. The monoisotopic (exact) mass is 434 g/mol. The first kappa shape index (κ1) is 22.8. The highest BCUT2D eigenvalue weighted by atomic mass is 16.5. The van der Waals surface area contributed by atoms with Crippen LogP contribution in [0.15, 0.2) is 48.5 Å². The van der Waals surface area contributed by atoms with Gasteiger partial charge in [-0.2, -0.15) is 0 Å². The van der Waals surface area contributed by atoms with E-state index in [-0.39, 0.29) is 0 Å². The molecule has 1 aliphatic rings. The van der Waals surface area contributed by atoms with Crippen LogP contribution in [0.2, 0.25) is 0 Å². The van der Waals surface area contributed by atoms with Crippen molar-refractivity contribution >= 4 is 11.0 Å². The summed E-state index contributed by atoms with van der Waals surface area (Å²) in [6, 6.07) is 17.0. The molecule has 1 fully saturated rings. The Hall–Kier alpha value is -2.37. The van der Waals surface area contributed by atoms with Crippen LogP contribution in [0, 0.1) is 0 Å². The molecule has 0 aliphatic carbocycles. The molecule has 2 aromatic carbocycles. The van der Waals surface area contributed by atoms with E-state index in [9.17, 15) is 0 Å². The molecule has 4 rings (SSSR count). The van der Waals surface area contributed by atoms with E-state index in [1.807, 2.05) is 0 Å². The van der Waals surface area contributed by atoms with Crippen LogP contribution in [0.5, 0.6) is 5.75 Å². The van der Waals surface area contributed by atoms with Gasteiger partial charge in [0.15, 0.2) is 0 Å². The number of hydrogen-bond donors (Lipinski definition) is 0. The van der Waals surface area contributed by atoms with E-state index in [0.29, 0.717) is 0 Å². The maximum atomic E-state index is 5.95. The minimum absolute atomic E-state index is 0.761. The van der Waals surface area contributed by atoms with Crippen molar-refractivity contribution < 1.29 is 4.74 Å². The van der Waals surface area contributed by atoms with Gasteiger partial charge in [-0.25, -0.2) is 4.98 Å². The van der Waals surface area contributed by atoms with Gasteiger partial charge in [0.2, 0.25) is 0 Å². The quantitative estimate of drug-likeness (QED) is 0.412. The summed E-state index contributed by atoms with van der Waals surface area (Å²) in [4.78, 5) is 9.99. The fourth-order valence-corrected chi connectivity index (χ4v) is 4.48. The standard InChI is InChI=1S/C27H38N4O/c1-3-23-12-14-24(15-13-23)32-22-7-6-17-31-26-10-5-4-9-25(26)28-27(31)11-8-16-30-20-18-29(2)19-21-30/h4-5,9-10,12-15H,3,6-8,11,16-22H2,1-2H3. The van der Waals surface area contributed by atoms with Gasteiger partial charge in [-0.3, -0.25) is 0 Å². The molecule has 5 nitrogen and oxygen atoms in total. The molecule has 1 saturated heterocycles. The first-order chi connectivity index (χ1) is 15.7. The molecule has 0 saturated carbocycles. The Kier molecular flexibility index (Phi) is 8.18. The summed E-state index contributed by atoms with van der Waals surface area (Å²) in [6.45, 7) is 9.85. The minimum atomic E-state index is 0.761. The first-order valence-electron chi connectivity index (χ1n) is 12.3. The van der Waals surface area contributed by atoms with Gasteiger partial charge in [-0.15, -0.1) is 0 Å². The number of fused-ring (bicyclic) bond motifs is 1. The number of piperazine rings is 1. The largest absolute Gasteiger partial charge is 0.494 e. The SMILES string of the molecule is CCc1ccc(OCCCCn2c(CCCN3CCN(C)CC3)nc3ccccc32)cc1. The lowest BCUT2D eigenvalue weighted by Gasteiger charge is -2.32. The Morgan fingerprint density at radius 1 is 0.875 bits per heavy atom. The molecule has 0 unspecified atom stereocenters. The van der Waals surface area contributed by atoms with Crippen LogP contribution >= 0.6 is 0 Å². The van der Waals surface area contributed by atoms with Crippen molar-refractivity contribution in [3.63, 3.8) is 0 Å². The third-order valence-electron chi connectivity index (χ3n) is 6.58. The van der Waals surface area contributed by atoms with Crippen molar-refractivity contribution in [2.24, 2.45) is 0 Å². The van der Waals surface area contributed by atoms with Crippen molar-refractivity contribution in [1.29, 1.82) is 0 Å². The van der Waals surface area contributed by atoms with Gasteiger partial charge in [0.05, 0.1) is 17.6 Å². The normalized spacial score (nSPS) is 15.4. The molecule has 3 aromatic rings. The highest BCUT2D eigenvalue weighted by Gasteiger charge is 2.15. The van der Waals surface area contributed by atoms with E-state index >= 15 is 0 Å². The van der Waals surface area contributed by atoms with E-state index in [4.69, 9.17) is 9.72 Å². The molecule has 0 radical (unpaired) electrons. The van der Waals surface area contributed by atoms with Crippen LogP contribution in [0.3, 0.4) is 0 Å². The number of unbranched alkanes of at least 4 members (excludes halogenated alkanes) is 1. The van der Waals surface area contributed by atoms with Crippen LogP contribution < -0.4 is 4.74 Å². The van der Waals surface area contributed by atoms with Gasteiger partial charge in [-0.05, 0) is 69.1 Å². The second kappa shape index (κ2) is 11.5. The van der Waals surface area contributed by atoms with Gasteiger partial charge >= 0.3 is 0 Å². The van der Waals surface area contributed by atoms with Crippen molar-refractivity contribution in [2.45, 2.75) is 45.6 Å². The maximum Gasteiger partial charge on any atom is 0.119 e. The Morgan fingerprint density at radius 2 is 1.66 bits per heavy atom. The molecule has 172 valence electrons. The molecule has 0 atom stereocenters. The molecule has 2 heterocycles. The lowest BCUT2D eigenvalue weighted by atomic mass is 10.2. The lowest BCUT2D eigenvalue weighted by Crippen LogP contribution is -2.44. The molecule has 1 aromatic heterocycles. The predicted molar refractivity (Wildman–Crippen MR) is 133 cm³/mol. The van der Waals surface area contributed by atoms with Crippen LogP contribution in [0.25, 0.3) is 11.0 Å². The summed E-state index contributed by atoms with van der Waals surface area (Å²) in [5.74, 6) is 2.20. The molecular weight excluding hydrogens is 396 g/mol. The number of ether oxygens (including phenoxy) is 1. The smallest absolute Gasteiger partial charge is 0.119 e. The highest BCUT2D eigenvalue weighted by Crippen LogP contribution is 2.19. The third-order valence-corrected chi connectivity index (χ3v) is 6.58. The lowest BCUT2D eigenvalue weighted by molar-refractivity contribution is 0.152. The number of hydrogen-bond acceptors (Lipinski definition) is 4. The fourth-order valence-electron chi connectivity index (χ4n) is 4.48. The maximum absolute atomic E-state index is 5.95. The third kappa shape index (κ3) is 6.11. The summed E-state index contributed by atoms with van der Waals surface area (Å²) in [5.41, 5.74) is 3.73. The van der Waals surface area contributed by atoms with Crippen molar-refractivity contribution in [1.82, 2.24) is 19.4 Å². The number of benzene rings is 2. The van der Waals surface area contributed by atoms with Crippen molar-refractivity contribution in [3.8, 4) is 5.75 Å². The Labute approximate surface area is 193 Å². The summed E-state index contributed by atoms with van der Waals surface area (Å²) >= 11 is 0. The van der Waals surface area contributed by atoms with E-state index in [0.717, 1.165) is 50.1 Å². The summed E-state index contributed by atoms with van der Waals surface area (Å²) in [7, 11) is 2.22. The fraction of sp³-hybridized carbons (Fsp3) is 0.519. The number of rotatable bonds is 11. The van der Waals surface area contributed by atoms with Crippen LogP contribution in [-0.4, -0.2) is 65.7 Å². The second-order valence-electron chi connectivity index (χ2n) is 8.97. The van der Waals surface area contributed by atoms with E-state index in [1.54, 1.807) is 0 Å². The average molecular weight is 435 g/mol. The van der Waals surface area contributed by atoms with Crippen LogP contribution in [0.4, 0.5) is 0 Å². The molecular formula is C27H38N4O. The summed E-state index contributed by atoms with van der Waals surface area (Å²) < 4.78 is 8.39. The number of para-hydroxylation sites is 2. The predicted octanol–water partition coefficient (Wildman–Crippen LogP) is 4.64. The van der Waals surface area contributed by atoms with Gasteiger partial charge < -0.3 is 19.1 Å². The van der Waals surface area contributed by atoms with Crippen molar-refractivity contribution in [2.75, 3.05) is 46.4 Å². The molecule has 0 bridgehead atoms. The number of likely N-dealkylation sites (N-methyl/N-ethyl adjacent to an activating group) is 1. The summed E-state index contributed by atoms with van der Waals surface area (Å²) in [6.07, 6.45) is 5.42. The van der Waals surface area contributed by atoms with Gasteiger partial charge in [0, 0.05) is 39.1 Å². The molecule has 1 aliphatic heterocycles. The molecule has 0 spiro atoms. The number of imidazole rings is 1. The van der Waals surface area contributed by atoms with Crippen molar-refractivity contribution in [3.05, 3.63) is 59.9 Å².